The van der Waals surface area contributed by atoms with Crippen LogP contribution in [0.1, 0.15) is 21.5 Å². The smallest absolute Gasteiger partial charge is 0.251 e. The van der Waals surface area contributed by atoms with Gasteiger partial charge < -0.3 is 15.2 Å². The van der Waals surface area contributed by atoms with Gasteiger partial charge in [0.05, 0.1) is 7.11 Å². The third kappa shape index (κ3) is 3.75. The molecule has 0 heterocycles. The van der Waals surface area contributed by atoms with Gasteiger partial charge in [0, 0.05) is 12.1 Å². The van der Waals surface area contributed by atoms with Gasteiger partial charge in [-0.05, 0) is 42.7 Å². The Morgan fingerprint density at radius 1 is 1.24 bits per heavy atom. The Balaban J connectivity index is 1.93. The minimum atomic E-state index is -0.194. The van der Waals surface area contributed by atoms with E-state index in [2.05, 4.69) is 5.32 Å². The largest absolute Gasteiger partial charge is 0.508 e. The van der Waals surface area contributed by atoms with Crippen LogP contribution in [0, 0.1) is 6.92 Å². The number of aromatic hydroxyl groups is 1. The minimum Gasteiger partial charge on any atom is -0.508 e. The number of carbonyl (C=O) groups is 1. The third-order valence-electron chi connectivity index (χ3n) is 3.34. The Labute approximate surface area is 124 Å². The van der Waals surface area contributed by atoms with Gasteiger partial charge in [-0.3, -0.25) is 4.79 Å². The first-order valence-corrected chi connectivity index (χ1v) is 6.81. The van der Waals surface area contributed by atoms with Gasteiger partial charge in [0.2, 0.25) is 0 Å². The summed E-state index contributed by atoms with van der Waals surface area (Å²) in [7, 11) is 1.63. The number of aryl methyl sites for hydroxylation is 1. The predicted molar refractivity (Wildman–Crippen MR) is 81.9 cm³/mol. The maximum absolute atomic E-state index is 12.0. The lowest BCUT2D eigenvalue weighted by molar-refractivity contribution is 0.0953. The average molecular weight is 285 g/mol. The summed E-state index contributed by atoms with van der Waals surface area (Å²) in [5, 5.41) is 12.5. The fourth-order valence-electron chi connectivity index (χ4n) is 2.07. The van der Waals surface area contributed by atoms with Crippen LogP contribution in [0.15, 0.2) is 42.5 Å². The Morgan fingerprint density at radius 3 is 2.71 bits per heavy atom. The molecule has 2 rings (SSSR count). The Morgan fingerprint density at radius 2 is 2.00 bits per heavy atom. The summed E-state index contributed by atoms with van der Waals surface area (Å²) >= 11 is 0. The summed E-state index contributed by atoms with van der Waals surface area (Å²) in [4.78, 5) is 12.0. The molecule has 4 nitrogen and oxygen atoms in total. The zero-order valence-electron chi connectivity index (χ0n) is 12.2. The minimum absolute atomic E-state index is 0.132. The number of hydrogen-bond donors (Lipinski definition) is 2. The van der Waals surface area contributed by atoms with Crippen LogP contribution in [-0.2, 0) is 6.42 Å². The van der Waals surface area contributed by atoms with Crippen molar-refractivity contribution in [3.63, 3.8) is 0 Å². The zero-order valence-corrected chi connectivity index (χ0v) is 12.2. The van der Waals surface area contributed by atoms with E-state index in [9.17, 15) is 9.90 Å². The van der Waals surface area contributed by atoms with Gasteiger partial charge in [-0.25, -0.2) is 0 Å². The van der Waals surface area contributed by atoms with Crippen LogP contribution in [-0.4, -0.2) is 24.7 Å². The molecule has 4 heteroatoms. The lowest BCUT2D eigenvalue weighted by Gasteiger charge is -2.09. The summed E-state index contributed by atoms with van der Waals surface area (Å²) in [6, 6.07) is 12.6. The molecule has 21 heavy (non-hydrogen) atoms. The second kappa shape index (κ2) is 6.79. The van der Waals surface area contributed by atoms with Crippen molar-refractivity contribution in [1.29, 1.82) is 0 Å². The molecule has 2 aromatic rings. The first kappa shape index (κ1) is 14.9. The van der Waals surface area contributed by atoms with E-state index in [0.29, 0.717) is 18.5 Å². The topological polar surface area (TPSA) is 58.6 Å². The lowest BCUT2D eigenvalue weighted by atomic mass is 10.1. The van der Waals surface area contributed by atoms with E-state index in [1.165, 1.54) is 6.07 Å². The van der Waals surface area contributed by atoms with E-state index >= 15 is 0 Å². The maximum Gasteiger partial charge on any atom is 0.251 e. The molecule has 0 bridgehead atoms. The quantitative estimate of drug-likeness (QED) is 0.888. The summed E-state index contributed by atoms with van der Waals surface area (Å²) in [5.41, 5.74) is 2.26. The third-order valence-corrected chi connectivity index (χ3v) is 3.34. The Hall–Kier alpha value is -2.49. The maximum atomic E-state index is 12.0. The lowest BCUT2D eigenvalue weighted by Crippen LogP contribution is -2.25. The molecule has 0 aliphatic carbocycles. The van der Waals surface area contributed by atoms with E-state index < -0.39 is 0 Å². The second-order valence-corrected chi connectivity index (χ2v) is 4.82. The van der Waals surface area contributed by atoms with Gasteiger partial charge in [-0.1, -0.05) is 24.3 Å². The van der Waals surface area contributed by atoms with Crippen LogP contribution in [0.25, 0.3) is 0 Å². The molecule has 0 radical (unpaired) electrons. The van der Waals surface area contributed by atoms with Crippen LogP contribution in [0.3, 0.4) is 0 Å². The van der Waals surface area contributed by atoms with E-state index in [-0.39, 0.29) is 11.7 Å². The van der Waals surface area contributed by atoms with Gasteiger partial charge in [0.15, 0.2) is 0 Å². The number of nitrogens with one attached hydrogen (secondary N) is 1. The van der Waals surface area contributed by atoms with Crippen molar-refractivity contribution in [2.45, 2.75) is 13.3 Å². The molecule has 0 fully saturated rings. The van der Waals surface area contributed by atoms with Crippen LogP contribution < -0.4 is 10.1 Å². The van der Waals surface area contributed by atoms with Crippen molar-refractivity contribution in [3.8, 4) is 11.5 Å². The molecule has 0 saturated heterocycles. The van der Waals surface area contributed by atoms with Crippen molar-refractivity contribution in [3.05, 3.63) is 59.2 Å². The van der Waals surface area contributed by atoms with Gasteiger partial charge in [-0.2, -0.15) is 0 Å². The highest BCUT2D eigenvalue weighted by molar-refractivity contribution is 5.94. The predicted octanol–water partition coefficient (Wildman–Crippen LogP) is 2.68. The summed E-state index contributed by atoms with van der Waals surface area (Å²) < 4.78 is 5.27. The molecule has 0 aromatic heterocycles. The number of phenolic OH excluding ortho intramolecular Hbond substituents is 1. The summed E-state index contributed by atoms with van der Waals surface area (Å²) in [6.45, 7) is 2.30. The normalized spacial score (nSPS) is 10.2. The van der Waals surface area contributed by atoms with E-state index in [1.54, 1.807) is 26.2 Å². The molecule has 2 N–H and O–H groups in total. The highest BCUT2D eigenvalue weighted by atomic mass is 16.5. The molecule has 0 aliphatic heterocycles. The number of methoxy groups -OCH3 is 1. The number of benzene rings is 2. The molecule has 1 amide bonds. The summed E-state index contributed by atoms with van der Waals surface area (Å²) in [5.74, 6) is 0.757. The van der Waals surface area contributed by atoms with E-state index in [0.717, 1.165) is 16.9 Å². The molecule has 0 spiro atoms. The second-order valence-electron chi connectivity index (χ2n) is 4.82. The van der Waals surface area contributed by atoms with E-state index in [4.69, 9.17) is 4.74 Å². The fraction of sp³-hybridized carbons (Fsp3) is 0.235. The number of phenols is 1. The monoisotopic (exact) mass is 285 g/mol. The molecular formula is C17H19NO3. The first-order valence-electron chi connectivity index (χ1n) is 6.81. The van der Waals surface area contributed by atoms with Crippen molar-refractivity contribution >= 4 is 5.91 Å². The number of para-hydroxylation sites is 1. The molecule has 2 aromatic carbocycles. The highest BCUT2D eigenvalue weighted by Crippen LogP contribution is 2.18. The molecular weight excluding hydrogens is 266 g/mol. The molecule has 110 valence electrons. The van der Waals surface area contributed by atoms with Gasteiger partial charge in [0.25, 0.3) is 5.91 Å². The van der Waals surface area contributed by atoms with Crippen LogP contribution in [0.2, 0.25) is 0 Å². The zero-order chi connectivity index (χ0) is 15.2. The van der Waals surface area contributed by atoms with Crippen molar-refractivity contribution in [1.82, 2.24) is 5.32 Å². The molecule has 0 saturated carbocycles. The SMILES string of the molecule is COc1ccccc1CCNC(=O)c1ccc(C)c(O)c1. The van der Waals surface area contributed by atoms with Crippen molar-refractivity contribution in [2.75, 3.05) is 13.7 Å². The number of rotatable bonds is 5. The van der Waals surface area contributed by atoms with Gasteiger partial charge in [0.1, 0.15) is 11.5 Å². The Kier molecular flexibility index (Phi) is 4.82. The number of amides is 1. The number of hydrogen-bond acceptors (Lipinski definition) is 3. The molecule has 0 atom stereocenters. The number of ether oxygens (including phenoxy) is 1. The van der Waals surface area contributed by atoms with Crippen molar-refractivity contribution in [2.24, 2.45) is 0 Å². The molecule has 0 unspecified atom stereocenters. The first-order chi connectivity index (χ1) is 10.1. The van der Waals surface area contributed by atoms with Crippen LogP contribution in [0.4, 0.5) is 0 Å². The van der Waals surface area contributed by atoms with Crippen LogP contribution >= 0.6 is 0 Å². The molecule has 0 aliphatic rings. The van der Waals surface area contributed by atoms with Gasteiger partial charge >= 0.3 is 0 Å². The van der Waals surface area contributed by atoms with Gasteiger partial charge in [-0.15, -0.1) is 0 Å². The van der Waals surface area contributed by atoms with E-state index in [1.807, 2.05) is 24.3 Å². The average Bonchev–Trinajstić information content (AvgIpc) is 2.50. The number of carbonyl (C=O) groups excluding carboxylic acids is 1. The summed E-state index contributed by atoms with van der Waals surface area (Å²) in [6.07, 6.45) is 0.688. The fourth-order valence-corrected chi connectivity index (χ4v) is 2.07. The van der Waals surface area contributed by atoms with Crippen molar-refractivity contribution < 1.29 is 14.6 Å². The standard InChI is InChI=1S/C17H19NO3/c1-12-7-8-14(11-15(12)19)17(20)18-10-9-13-5-3-4-6-16(13)21-2/h3-8,11,19H,9-10H2,1-2H3,(H,18,20). The highest BCUT2D eigenvalue weighted by Gasteiger charge is 2.08. The van der Waals surface area contributed by atoms with Crippen LogP contribution in [0.5, 0.6) is 11.5 Å². The Bertz CT molecular complexity index is 638.